The van der Waals surface area contributed by atoms with E-state index in [1.54, 1.807) is 18.3 Å². The predicted octanol–water partition coefficient (Wildman–Crippen LogP) is 2.67. The minimum atomic E-state index is -3.49. The summed E-state index contributed by atoms with van der Waals surface area (Å²) in [6, 6.07) is 12.8. The summed E-state index contributed by atoms with van der Waals surface area (Å²) >= 11 is 0. The molecule has 8 heteroatoms. The fourth-order valence-electron chi connectivity index (χ4n) is 2.85. The molecular formula is C18H15N5O2S. The number of imidazole rings is 1. The van der Waals surface area contributed by atoms with Crippen LogP contribution in [-0.2, 0) is 9.84 Å². The SMILES string of the molecule is CS(=O)(=O)c1cnc2[nH]c(-c3cccnc3N)nc2c1-c1ccccc1. The smallest absolute Gasteiger partial charge is 0.177 e. The molecule has 0 bridgehead atoms. The van der Waals surface area contributed by atoms with E-state index in [2.05, 4.69) is 19.9 Å². The van der Waals surface area contributed by atoms with Crippen LogP contribution < -0.4 is 5.73 Å². The number of sulfone groups is 1. The van der Waals surface area contributed by atoms with Crippen LogP contribution in [-0.4, -0.2) is 34.6 Å². The molecular weight excluding hydrogens is 350 g/mol. The summed E-state index contributed by atoms with van der Waals surface area (Å²) < 4.78 is 24.6. The number of hydrogen-bond donors (Lipinski definition) is 2. The van der Waals surface area contributed by atoms with Gasteiger partial charge in [0.05, 0.1) is 10.5 Å². The predicted molar refractivity (Wildman–Crippen MR) is 100 cm³/mol. The largest absolute Gasteiger partial charge is 0.383 e. The number of nitrogen functional groups attached to an aromatic ring is 1. The van der Waals surface area contributed by atoms with Gasteiger partial charge in [0.15, 0.2) is 15.5 Å². The first-order valence-electron chi connectivity index (χ1n) is 7.80. The van der Waals surface area contributed by atoms with Gasteiger partial charge in [-0.2, -0.15) is 0 Å². The minimum Gasteiger partial charge on any atom is -0.383 e. The standard InChI is InChI=1S/C18H15N5O2S/c1-26(24,25)13-10-21-18-15(14(13)11-6-3-2-4-7-11)22-17(23-18)12-8-5-9-20-16(12)19/h2-10H,1H3,(H2,19,20)(H,21,22,23). The van der Waals surface area contributed by atoms with Gasteiger partial charge in [0, 0.05) is 24.2 Å². The summed E-state index contributed by atoms with van der Waals surface area (Å²) in [6.45, 7) is 0. The normalized spacial score (nSPS) is 11.7. The zero-order valence-corrected chi connectivity index (χ0v) is 14.7. The van der Waals surface area contributed by atoms with Crippen molar-refractivity contribution in [2.45, 2.75) is 4.90 Å². The average molecular weight is 365 g/mol. The Labute approximate surface area is 149 Å². The highest BCUT2D eigenvalue weighted by molar-refractivity contribution is 7.90. The first-order chi connectivity index (χ1) is 12.4. The van der Waals surface area contributed by atoms with Gasteiger partial charge in [0.2, 0.25) is 0 Å². The Morgan fingerprint density at radius 1 is 1.04 bits per heavy atom. The molecule has 0 aliphatic rings. The Morgan fingerprint density at radius 2 is 1.81 bits per heavy atom. The number of H-pyrrole nitrogens is 1. The molecule has 0 saturated heterocycles. The summed E-state index contributed by atoms with van der Waals surface area (Å²) in [4.78, 5) is 16.1. The highest BCUT2D eigenvalue weighted by atomic mass is 32.2. The number of nitrogens with one attached hydrogen (secondary N) is 1. The lowest BCUT2D eigenvalue weighted by Crippen LogP contribution is -2.02. The molecule has 4 rings (SSSR count). The highest BCUT2D eigenvalue weighted by Crippen LogP contribution is 2.34. The van der Waals surface area contributed by atoms with Crippen LogP contribution in [0.5, 0.6) is 0 Å². The number of nitrogens with two attached hydrogens (primary N) is 1. The Kier molecular flexibility index (Phi) is 3.69. The molecule has 1 aromatic carbocycles. The Bertz CT molecular complexity index is 1220. The first kappa shape index (κ1) is 16.2. The number of fused-ring (bicyclic) bond motifs is 1. The molecule has 3 heterocycles. The third kappa shape index (κ3) is 2.70. The van der Waals surface area contributed by atoms with E-state index in [0.29, 0.717) is 33.9 Å². The number of hydrogen-bond acceptors (Lipinski definition) is 6. The van der Waals surface area contributed by atoms with Crippen LogP contribution in [0.25, 0.3) is 33.7 Å². The van der Waals surface area contributed by atoms with Crippen LogP contribution in [0.3, 0.4) is 0 Å². The van der Waals surface area contributed by atoms with Crippen molar-refractivity contribution in [3.8, 4) is 22.5 Å². The number of aromatic amines is 1. The zero-order chi connectivity index (χ0) is 18.3. The molecule has 0 aliphatic heterocycles. The summed E-state index contributed by atoms with van der Waals surface area (Å²) in [5, 5.41) is 0. The number of nitrogens with zero attached hydrogens (tertiary/aromatic N) is 3. The zero-order valence-electron chi connectivity index (χ0n) is 13.8. The molecule has 0 spiro atoms. The maximum absolute atomic E-state index is 12.3. The van der Waals surface area contributed by atoms with Gasteiger partial charge in [0.25, 0.3) is 0 Å². The molecule has 3 aromatic heterocycles. The third-order valence-electron chi connectivity index (χ3n) is 4.03. The van der Waals surface area contributed by atoms with Gasteiger partial charge in [-0.25, -0.2) is 23.4 Å². The molecule has 26 heavy (non-hydrogen) atoms. The molecule has 0 amide bonds. The molecule has 130 valence electrons. The van der Waals surface area contributed by atoms with Crippen molar-refractivity contribution in [1.29, 1.82) is 0 Å². The van der Waals surface area contributed by atoms with Crippen molar-refractivity contribution in [2.24, 2.45) is 0 Å². The average Bonchev–Trinajstić information content (AvgIpc) is 3.05. The fraction of sp³-hybridized carbons (Fsp3) is 0.0556. The van der Waals surface area contributed by atoms with Crippen LogP contribution in [0.15, 0.2) is 59.8 Å². The van der Waals surface area contributed by atoms with Gasteiger partial charge in [-0.3, -0.25) is 0 Å². The number of pyridine rings is 2. The molecule has 0 unspecified atom stereocenters. The molecule has 0 aliphatic carbocycles. The minimum absolute atomic E-state index is 0.133. The van der Waals surface area contributed by atoms with Crippen molar-refractivity contribution < 1.29 is 8.42 Å². The van der Waals surface area contributed by atoms with Crippen LogP contribution in [0.1, 0.15) is 0 Å². The van der Waals surface area contributed by atoms with Gasteiger partial charge in [-0.1, -0.05) is 30.3 Å². The van der Waals surface area contributed by atoms with E-state index in [9.17, 15) is 8.42 Å². The van der Waals surface area contributed by atoms with Crippen LogP contribution >= 0.6 is 0 Å². The summed E-state index contributed by atoms with van der Waals surface area (Å²) in [7, 11) is -3.49. The number of aromatic nitrogens is 4. The van der Waals surface area contributed by atoms with Gasteiger partial charge >= 0.3 is 0 Å². The van der Waals surface area contributed by atoms with Crippen LogP contribution in [0, 0.1) is 0 Å². The van der Waals surface area contributed by atoms with Gasteiger partial charge < -0.3 is 10.7 Å². The molecule has 0 saturated carbocycles. The molecule has 3 N–H and O–H groups in total. The van der Waals surface area contributed by atoms with Crippen molar-refractivity contribution >= 4 is 26.8 Å². The topological polar surface area (TPSA) is 115 Å². The van der Waals surface area contributed by atoms with Gasteiger partial charge in [0.1, 0.15) is 17.2 Å². The van der Waals surface area contributed by atoms with E-state index in [1.807, 2.05) is 30.3 Å². The third-order valence-corrected chi connectivity index (χ3v) is 5.14. The molecule has 0 radical (unpaired) electrons. The summed E-state index contributed by atoms with van der Waals surface area (Å²) in [5.41, 5.74) is 8.78. The van der Waals surface area contributed by atoms with E-state index in [0.717, 1.165) is 11.8 Å². The monoisotopic (exact) mass is 365 g/mol. The quantitative estimate of drug-likeness (QED) is 0.577. The molecule has 0 atom stereocenters. The van der Waals surface area contributed by atoms with Crippen molar-refractivity contribution in [2.75, 3.05) is 12.0 Å². The van der Waals surface area contributed by atoms with E-state index in [-0.39, 0.29) is 4.90 Å². The Hall–Kier alpha value is -3.26. The van der Waals surface area contributed by atoms with Crippen molar-refractivity contribution in [3.63, 3.8) is 0 Å². The fourth-order valence-corrected chi connectivity index (χ4v) is 3.68. The van der Waals surface area contributed by atoms with Crippen LogP contribution in [0.4, 0.5) is 5.82 Å². The second kappa shape index (κ2) is 5.92. The molecule has 4 aromatic rings. The summed E-state index contributed by atoms with van der Waals surface area (Å²) in [6.07, 6.45) is 4.11. The van der Waals surface area contributed by atoms with E-state index in [1.165, 1.54) is 6.20 Å². The maximum Gasteiger partial charge on any atom is 0.177 e. The van der Waals surface area contributed by atoms with Gasteiger partial charge in [-0.15, -0.1) is 0 Å². The Morgan fingerprint density at radius 3 is 2.50 bits per heavy atom. The summed E-state index contributed by atoms with van der Waals surface area (Å²) in [5.74, 6) is 0.817. The van der Waals surface area contributed by atoms with Crippen molar-refractivity contribution in [3.05, 3.63) is 54.9 Å². The lowest BCUT2D eigenvalue weighted by atomic mass is 10.1. The van der Waals surface area contributed by atoms with Crippen LogP contribution in [0.2, 0.25) is 0 Å². The second-order valence-corrected chi connectivity index (χ2v) is 7.84. The van der Waals surface area contributed by atoms with Crippen molar-refractivity contribution in [1.82, 2.24) is 19.9 Å². The number of anilines is 1. The van der Waals surface area contributed by atoms with Gasteiger partial charge in [-0.05, 0) is 17.7 Å². The molecule has 0 fully saturated rings. The maximum atomic E-state index is 12.3. The molecule has 7 nitrogen and oxygen atoms in total. The van der Waals surface area contributed by atoms with E-state index >= 15 is 0 Å². The van der Waals surface area contributed by atoms with E-state index in [4.69, 9.17) is 5.73 Å². The Balaban J connectivity index is 2.07. The first-order valence-corrected chi connectivity index (χ1v) is 9.69. The second-order valence-electron chi connectivity index (χ2n) is 5.85. The number of benzene rings is 1. The lowest BCUT2D eigenvalue weighted by molar-refractivity contribution is 0.602. The number of rotatable bonds is 3. The van der Waals surface area contributed by atoms with E-state index < -0.39 is 9.84 Å². The highest BCUT2D eigenvalue weighted by Gasteiger charge is 2.21. The lowest BCUT2D eigenvalue weighted by Gasteiger charge is -2.08.